The topological polar surface area (TPSA) is 105 Å². The SMILES string of the molecule is C[C@@H]1CN(Cc2cccc(C#N)c2)C[C@]12CCN(CC(=O)N(C)C)C2=O.O=C(O)C(F)(F)F. The van der Waals surface area contributed by atoms with Gasteiger partial charge in [-0.25, -0.2) is 4.79 Å². The van der Waals surface area contributed by atoms with Crippen molar-refractivity contribution in [3.63, 3.8) is 0 Å². The highest BCUT2D eigenvalue weighted by molar-refractivity contribution is 5.90. The summed E-state index contributed by atoms with van der Waals surface area (Å²) in [5, 5.41) is 16.2. The minimum absolute atomic E-state index is 0.0359. The molecule has 2 aliphatic heterocycles. The van der Waals surface area contributed by atoms with E-state index in [1.54, 1.807) is 25.1 Å². The number of rotatable bonds is 4. The summed E-state index contributed by atoms with van der Waals surface area (Å²) in [6, 6.07) is 9.81. The summed E-state index contributed by atoms with van der Waals surface area (Å²) in [6.07, 6.45) is -4.28. The number of benzene rings is 1. The van der Waals surface area contributed by atoms with Gasteiger partial charge in [-0.3, -0.25) is 14.5 Å². The van der Waals surface area contributed by atoms with Crippen LogP contribution in [0.5, 0.6) is 0 Å². The van der Waals surface area contributed by atoms with E-state index >= 15 is 0 Å². The first-order chi connectivity index (χ1) is 15.3. The number of halogens is 3. The number of carboxylic acid groups (broad SMARTS) is 1. The molecule has 0 radical (unpaired) electrons. The Morgan fingerprint density at radius 2 is 1.97 bits per heavy atom. The molecule has 0 bridgehead atoms. The molecule has 1 spiro atoms. The minimum Gasteiger partial charge on any atom is -0.475 e. The van der Waals surface area contributed by atoms with Crippen LogP contribution in [0.1, 0.15) is 24.5 Å². The Labute approximate surface area is 190 Å². The van der Waals surface area contributed by atoms with Gasteiger partial charge in [0, 0.05) is 40.3 Å². The van der Waals surface area contributed by atoms with Crippen molar-refractivity contribution in [2.75, 3.05) is 40.3 Å². The highest BCUT2D eigenvalue weighted by atomic mass is 19.4. The van der Waals surface area contributed by atoms with Crippen LogP contribution in [0.25, 0.3) is 0 Å². The molecular formula is C22H27F3N4O4. The number of carbonyl (C=O) groups is 3. The molecule has 3 rings (SSSR count). The molecule has 1 aromatic carbocycles. The molecule has 2 fully saturated rings. The van der Waals surface area contributed by atoms with Crippen LogP contribution in [0.3, 0.4) is 0 Å². The number of hydrogen-bond donors (Lipinski definition) is 1. The van der Waals surface area contributed by atoms with Gasteiger partial charge in [-0.15, -0.1) is 0 Å². The van der Waals surface area contributed by atoms with E-state index in [0.717, 1.165) is 31.6 Å². The van der Waals surface area contributed by atoms with E-state index in [2.05, 4.69) is 17.9 Å². The van der Waals surface area contributed by atoms with Crippen LogP contribution in [-0.2, 0) is 20.9 Å². The van der Waals surface area contributed by atoms with Gasteiger partial charge >= 0.3 is 12.1 Å². The maximum absolute atomic E-state index is 13.1. The van der Waals surface area contributed by atoms with Crippen LogP contribution in [0, 0.1) is 22.7 Å². The molecule has 33 heavy (non-hydrogen) atoms. The second-order valence-corrected chi connectivity index (χ2v) is 8.61. The summed E-state index contributed by atoms with van der Waals surface area (Å²) < 4.78 is 31.7. The maximum atomic E-state index is 13.1. The molecule has 2 heterocycles. The summed E-state index contributed by atoms with van der Waals surface area (Å²) in [4.78, 5) is 39.5. The normalized spacial score (nSPS) is 22.6. The number of carbonyl (C=O) groups excluding carboxylic acids is 2. The average Bonchev–Trinajstić information content (AvgIpc) is 3.21. The van der Waals surface area contributed by atoms with Crippen molar-refractivity contribution < 1.29 is 32.7 Å². The van der Waals surface area contributed by atoms with Gasteiger partial charge in [0.15, 0.2) is 0 Å². The van der Waals surface area contributed by atoms with Gasteiger partial charge < -0.3 is 14.9 Å². The fraction of sp³-hybridized carbons (Fsp3) is 0.545. The number of nitrogens with zero attached hydrogens (tertiary/aromatic N) is 4. The molecule has 2 aliphatic rings. The molecule has 1 N–H and O–H groups in total. The average molecular weight is 468 g/mol. The van der Waals surface area contributed by atoms with Crippen LogP contribution in [0.15, 0.2) is 24.3 Å². The van der Waals surface area contributed by atoms with Gasteiger partial charge in [0.25, 0.3) is 0 Å². The van der Waals surface area contributed by atoms with Crippen molar-refractivity contribution >= 4 is 17.8 Å². The second kappa shape index (κ2) is 10.2. The molecule has 0 aliphatic carbocycles. The van der Waals surface area contributed by atoms with Gasteiger partial charge in [0.1, 0.15) is 0 Å². The lowest BCUT2D eigenvalue weighted by atomic mass is 9.78. The summed E-state index contributed by atoms with van der Waals surface area (Å²) in [6.45, 7) is 5.28. The van der Waals surface area contributed by atoms with E-state index in [4.69, 9.17) is 15.2 Å². The molecule has 2 amide bonds. The number of likely N-dealkylation sites (N-methyl/N-ethyl adjacent to an activating group) is 1. The van der Waals surface area contributed by atoms with Crippen LogP contribution < -0.4 is 0 Å². The second-order valence-electron chi connectivity index (χ2n) is 8.61. The third kappa shape index (κ3) is 6.22. The van der Waals surface area contributed by atoms with Gasteiger partial charge in [-0.05, 0) is 30.0 Å². The number of carboxylic acids is 1. The molecule has 11 heteroatoms. The Balaban J connectivity index is 0.000000479. The van der Waals surface area contributed by atoms with Crippen molar-refractivity contribution in [1.82, 2.24) is 14.7 Å². The quantitative estimate of drug-likeness (QED) is 0.724. The number of hydrogen-bond acceptors (Lipinski definition) is 5. The van der Waals surface area contributed by atoms with E-state index in [0.29, 0.717) is 12.1 Å². The molecule has 1 aromatic rings. The first-order valence-electron chi connectivity index (χ1n) is 10.3. The highest BCUT2D eigenvalue weighted by Gasteiger charge is 2.55. The minimum atomic E-state index is -5.08. The van der Waals surface area contributed by atoms with Crippen LogP contribution in [0.2, 0.25) is 0 Å². The lowest BCUT2D eigenvalue weighted by molar-refractivity contribution is -0.192. The Morgan fingerprint density at radius 1 is 1.33 bits per heavy atom. The van der Waals surface area contributed by atoms with Crippen molar-refractivity contribution in [2.45, 2.75) is 26.1 Å². The Kier molecular flexibility index (Phi) is 8.08. The smallest absolute Gasteiger partial charge is 0.475 e. The molecule has 0 unspecified atom stereocenters. The summed E-state index contributed by atoms with van der Waals surface area (Å²) in [5.74, 6) is -2.42. The van der Waals surface area contributed by atoms with Crippen molar-refractivity contribution in [1.29, 1.82) is 5.26 Å². The maximum Gasteiger partial charge on any atom is 0.490 e. The van der Waals surface area contributed by atoms with Gasteiger partial charge in [0.2, 0.25) is 11.8 Å². The number of aliphatic carboxylic acids is 1. The van der Waals surface area contributed by atoms with E-state index in [1.807, 2.05) is 18.2 Å². The van der Waals surface area contributed by atoms with Gasteiger partial charge in [-0.2, -0.15) is 18.4 Å². The lowest BCUT2D eigenvalue weighted by Gasteiger charge is -2.27. The fourth-order valence-electron chi connectivity index (χ4n) is 4.22. The van der Waals surface area contributed by atoms with Gasteiger partial charge in [0.05, 0.1) is 23.6 Å². The zero-order valence-electron chi connectivity index (χ0n) is 18.7. The first kappa shape index (κ1) is 26.1. The molecule has 8 nitrogen and oxygen atoms in total. The first-order valence-corrected chi connectivity index (χ1v) is 10.3. The van der Waals surface area contributed by atoms with E-state index < -0.39 is 12.1 Å². The van der Waals surface area contributed by atoms with Crippen LogP contribution in [0.4, 0.5) is 13.2 Å². The predicted octanol–water partition coefficient (Wildman–Crippen LogP) is 1.95. The number of likely N-dealkylation sites (tertiary alicyclic amines) is 2. The van der Waals surface area contributed by atoms with Crippen molar-refractivity contribution in [2.24, 2.45) is 11.3 Å². The lowest BCUT2D eigenvalue weighted by Crippen LogP contribution is -2.43. The zero-order chi connectivity index (χ0) is 25.0. The Morgan fingerprint density at radius 3 is 2.52 bits per heavy atom. The van der Waals surface area contributed by atoms with Crippen molar-refractivity contribution in [3.05, 3.63) is 35.4 Å². The third-order valence-electron chi connectivity index (χ3n) is 6.05. The molecule has 2 atom stereocenters. The zero-order valence-corrected chi connectivity index (χ0v) is 18.7. The third-order valence-corrected chi connectivity index (χ3v) is 6.05. The predicted molar refractivity (Wildman–Crippen MR) is 112 cm³/mol. The van der Waals surface area contributed by atoms with Crippen LogP contribution >= 0.6 is 0 Å². The fourth-order valence-corrected chi connectivity index (χ4v) is 4.22. The monoisotopic (exact) mass is 468 g/mol. The number of amides is 2. The standard InChI is InChI=1S/C20H26N4O2.C2HF3O2/c1-15-11-23(12-17-6-4-5-16(9-17)10-21)14-20(15)7-8-24(19(20)26)13-18(25)22(2)3;3-2(4,5)1(6)7/h4-6,9,15H,7-8,11-14H2,1-3H3;(H,6,7)/t15-,20-;/m1./s1. The van der Waals surface area contributed by atoms with E-state index in [9.17, 15) is 22.8 Å². The molecule has 2 saturated heterocycles. The summed E-state index contributed by atoms with van der Waals surface area (Å²) >= 11 is 0. The Bertz CT molecular complexity index is 944. The highest BCUT2D eigenvalue weighted by Crippen LogP contribution is 2.45. The van der Waals surface area contributed by atoms with Crippen LogP contribution in [-0.4, -0.2) is 84.0 Å². The number of nitriles is 1. The van der Waals surface area contributed by atoms with Crippen molar-refractivity contribution in [3.8, 4) is 6.07 Å². The summed E-state index contributed by atoms with van der Waals surface area (Å²) in [7, 11) is 3.43. The molecule has 180 valence electrons. The largest absolute Gasteiger partial charge is 0.490 e. The molecule has 0 aromatic heterocycles. The number of alkyl halides is 3. The molecular weight excluding hydrogens is 441 g/mol. The Hall–Kier alpha value is -3.13. The van der Waals surface area contributed by atoms with Gasteiger partial charge in [-0.1, -0.05) is 19.1 Å². The molecule has 0 saturated carbocycles. The summed E-state index contributed by atoms with van der Waals surface area (Å²) in [5.41, 5.74) is 1.38. The van der Waals surface area contributed by atoms with E-state index in [-0.39, 0.29) is 29.7 Å². The van der Waals surface area contributed by atoms with E-state index in [1.165, 1.54) is 4.90 Å².